The molecular weight excluding hydrogens is 308 g/mol. The van der Waals surface area contributed by atoms with Gasteiger partial charge in [0, 0.05) is 0 Å². The van der Waals surface area contributed by atoms with Crippen LogP contribution in [0.1, 0.15) is 104 Å². The summed E-state index contributed by atoms with van der Waals surface area (Å²) in [4.78, 5) is 0. The van der Waals surface area contributed by atoms with Gasteiger partial charge in [0.1, 0.15) is 0 Å². The minimum Gasteiger partial charge on any atom is -0.411 e. The van der Waals surface area contributed by atoms with E-state index in [1.807, 2.05) is 0 Å². The minimum atomic E-state index is -1.48. The fraction of sp³-hybridized carbons (Fsp3) is 0.909. The van der Waals surface area contributed by atoms with E-state index in [4.69, 9.17) is 4.43 Å². The average molecular weight is 355 g/mol. The summed E-state index contributed by atoms with van der Waals surface area (Å²) in [7, 11) is -1.48. The third kappa shape index (κ3) is 16.8. The van der Waals surface area contributed by atoms with E-state index in [9.17, 15) is 0 Å². The summed E-state index contributed by atoms with van der Waals surface area (Å²) in [6.07, 6.45) is 22.8. The van der Waals surface area contributed by atoms with Gasteiger partial charge in [0.2, 0.25) is 0 Å². The molecule has 0 aliphatic rings. The third-order valence-corrected chi connectivity index (χ3v) is 7.34. The van der Waals surface area contributed by atoms with Crippen molar-refractivity contribution in [3.8, 4) is 0 Å². The largest absolute Gasteiger partial charge is 0.411 e. The van der Waals surface area contributed by atoms with Crippen LogP contribution >= 0.6 is 0 Å². The van der Waals surface area contributed by atoms with Crippen molar-refractivity contribution in [1.29, 1.82) is 0 Å². The van der Waals surface area contributed by atoms with Crippen LogP contribution in [0.5, 0.6) is 0 Å². The molecule has 1 unspecified atom stereocenters. The Kier molecular flexibility index (Phi) is 16.3. The molecule has 0 aromatic rings. The van der Waals surface area contributed by atoms with Crippen molar-refractivity contribution in [2.75, 3.05) is 0 Å². The molecule has 0 fully saturated rings. The molecule has 1 nitrogen and oxygen atoms in total. The third-order valence-electron chi connectivity index (χ3n) is 4.77. The highest BCUT2D eigenvalue weighted by molar-refractivity contribution is 6.71. The summed E-state index contributed by atoms with van der Waals surface area (Å²) in [5.41, 5.74) is 0. The molecule has 0 aromatic heterocycles. The highest BCUT2D eigenvalue weighted by atomic mass is 28.4. The van der Waals surface area contributed by atoms with Gasteiger partial charge in [0.05, 0.1) is 6.10 Å². The minimum absolute atomic E-state index is 0.298. The lowest BCUT2D eigenvalue weighted by atomic mass is 10.1. The maximum Gasteiger partial charge on any atom is 0.187 e. The van der Waals surface area contributed by atoms with Crippen LogP contribution in [0.2, 0.25) is 19.1 Å². The van der Waals surface area contributed by atoms with Gasteiger partial charge in [0.15, 0.2) is 8.32 Å². The van der Waals surface area contributed by atoms with E-state index in [1.165, 1.54) is 89.5 Å². The lowest BCUT2D eigenvalue weighted by molar-refractivity contribution is 0.257. The zero-order valence-corrected chi connectivity index (χ0v) is 18.5. The average Bonchev–Trinajstić information content (AvgIpc) is 2.53. The maximum atomic E-state index is 6.35. The molecule has 0 rings (SSSR count). The highest BCUT2D eigenvalue weighted by Gasteiger charge is 2.23. The topological polar surface area (TPSA) is 9.23 Å². The van der Waals surface area contributed by atoms with Gasteiger partial charge >= 0.3 is 0 Å². The Morgan fingerprint density at radius 2 is 1.25 bits per heavy atom. The van der Waals surface area contributed by atoms with Crippen LogP contribution in [0.25, 0.3) is 0 Å². The van der Waals surface area contributed by atoms with Gasteiger partial charge in [0.25, 0.3) is 0 Å². The molecule has 0 bridgehead atoms. The summed E-state index contributed by atoms with van der Waals surface area (Å²) < 4.78 is 6.35. The molecule has 1 atom stereocenters. The molecular formula is C22H46OSi. The summed E-state index contributed by atoms with van der Waals surface area (Å²) in [6, 6.07) is 1.32. The van der Waals surface area contributed by atoms with E-state index >= 15 is 0 Å². The van der Waals surface area contributed by atoms with Crippen LogP contribution in [-0.2, 0) is 4.43 Å². The van der Waals surface area contributed by atoms with E-state index in [2.05, 4.69) is 46.0 Å². The van der Waals surface area contributed by atoms with Crippen molar-refractivity contribution in [2.24, 2.45) is 0 Å². The summed E-state index contributed by atoms with van der Waals surface area (Å²) in [5, 5.41) is 0. The predicted molar refractivity (Wildman–Crippen MR) is 113 cm³/mol. The molecule has 2 heteroatoms. The Labute approximate surface area is 154 Å². The number of allylic oxidation sites excluding steroid dienone is 1. The molecule has 0 saturated heterocycles. The highest BCUT2D eigenvalue weighted by Crippen LogP contribution is 2.20. The quantitative estimate of drug-likeness (QED) is 0.145. The first kappa shape index (κ1) is 23.9. The molecule has 0 aliphatic heterocycles. The van der Waals surface area contributed by atoms with E-state index in [0.717, 1.165) is 0 Å². The van der Waals surface area contributed by atoms with Gasteiger partial charge in [-0.15, -0.1) is 0 Å². The van der Waals surface area contributed by atoms with E-state index in [-0.39, 0.29) is 0 Å². The zero-order valence-electron chi connectivity index (χ0n) is 17.5. The first-order valence-electron chi connectivity index (χ1n) is 10.9. The van der Waals surface area contributed by atoms with Crippen molar-refractivity contribution in [3.05, 3.63) is 12.2 Å². The van der Waals surface area contributed by atoms with Crippen LogP contribution in [-0.4, -0.2) is 14.4 Å². The summed E-state index contributed by atoms with van der Waals surface area (Å²) in [5.74, 6) is 0. The van der Waals surface area contributed by atoms with Crippen LogP contribution < -0.4 is 0 Å². The maximum absolute atomic E-state index is 6.35. The van der Waals surface area contributed by atoms with Gasteiger partial charge in [-0.05, 0) is 32.5 Å². The zero-order chi connectivity index (χ0) is 18.1. The Morgan fingerprint density at radius 3 is 1.79 bits per heavy atom. The molecule has 24 heavy (non-hydrogen) atoms. The molecule has 0 amide bonds. The lowest BCUT2D eigenvalue weighted by Gasteiger charge is -2.26. The van der Waals surface area contributed by atoms with Crippen molar-refractivity contribution in [2.45, 2.75) is 129 Å². The van der Waals surface area contributed by atoms with Gasteiger partial charge in [-0.2, -0.15) is 0 Å². The molecule has 0 radical (unpaired) electrons. The van der Waals surface area contributed by atoms with Crippen LogP contribution in [0.15, 0.2) is 12.2 Å². The number of unbranched alkanes of at least 4 members (excludes halogenated alkanes) is 11. The van der Waals surface area contributed by atoms with Crippen LogP contribution in [0.4, 0.5) is 0 Å². The second kappa shape index (κ2) is 16.4. The monoisotopic (exact) mass is 354 g/mol. The fourth-order valence-corrected chi connectivity index (χ4v) is 5.55. The van der Waals surface area contributed by atoms with Crippen LogP contribution in [0.3, 0.4) is 0 Å². The molecule has 144 valence electrons. The molecule has 0 spiro atoms. The van der Waals surface area contributed by atoms with Gasteiger partial charge in [-0.25, -0.2) is 0 Å². The standard InChI is InChI=1S/C22H46OSi/c1-6-8-10-12-13-14-15-16-17-19-21-24(4,5)23-22(3)20-18-11-9-7-2/h18,20,22H,6-17,19,21H2,1-5H3/b20-18+. The van der Waals surface area contributed by atoms with E-state index < -0.39 is 8.32 Å². The first-order valence-corrected chi connectivity index (χ1v) is 14.0. The predicted octanol–water partition coefficient (Wildman–Crippen LogP) is 8.26. The van der Waals surface area contributed by atoms with Gasteiger partial charge in [-0.3, -0.25) is 0 Å². The molecule has 0 aliphatic carbocycles. The van der Waals surface area contributed by atoms with Gasteiger partial charge in [-0.1, -0.05) is 103 Å². The van der Waals surface area contributed by atoms with Crippen molar-refractivity contribution in [3.63, 3.8) is 0 Å². The Balaban J connectivity index is 3.57. The summed E-state index contributed by atoms with van der Waals surface area (Å²) >= 11 is 0. The normalized spacial score (nSPS) is 13.7. The first-order chi connectivity index (χ1) is 11.5. The molecule has 0 aromatic carbocycles. The van der Waals surface area contributed by atoms with Crippen molar-refractivity contribution in [1.82, 2.24) is 0 Å². The SMILES string of the molecule is CCCC/C=C/C(C)O[Si](C)(C)CCCCCCCCCCCC. The summed E-state index contributed by atoms with van der Waals surface area (Å²) in [6.45, 7) is 11.5. The number of hydrogen-bond acceptors (Lipinski definition) is 1. The van der Waals surface area contributed by atoms with Crippen molar-refractivity contribution >= 4 is 8.32 Å². The smallest absolute Gasteiger partial charge is 0.187 e. The lowest BCUT2D eigenvalue weighted by Crippen LogP contribution is -2.33. The second-order valence-corrected chi connectivity index (χ2v) is 12.3. The van der Waals surface area contributed by atoms with Crippen molar-refractivity contribution < 1.29 is 4.43 Å². The Morgan fingerprint density at radius 1 is 0.750 bits per heavy atom. The van der Waals surface area contributed by atoms with E-state index in [1.54, 1.807) is 0 Å². The Bertz CT molecular complexity index is 286. The fourth-order valence-electron chi connectivity index (χ4n) is 3.25. The van der Waals surface area contributed by atoms with E-state index in [0.29, 0.717) is 6.10 Å². The van der Waals surface area contributed by atoms with Crippen LogP contribution in [0, 0.1) is 0 Å². The molecule has 0 heterocycles. The van der Waals surface area contributed by atoms with Gasteiger partial charge < -0.3 is 4.43 Å². The second-order valence-electron chi connectivity index (χ2n) is 8.09. The Hall–Kier alpha value is -0.0831. The number of hydrogen-bond donors (Lipinski definition) is 0. The molecule has 0 N–H and O–H groups in total. The molecule has 0 saturated carbocycles. The number of rotatable bonds is 17.